The summed E-state index contributed by atoms with van der Waals surface area (Å²) in [6.07, 6.45) is 1.10. The molecule has 0 radical (unpaired) electrons. The van der Waals surface area contributed by atoms with Crippen molar-refractivity contribution in [3.8, 4) is 0 Å². The summed E-state index contributed by atoms with van der Waals surface area (Å²) in [5.41, 5.74) is 1.63. The van der Waals surface area contributed by atoms with Gasteiger partial charge in [0.15, 0.2) is 5.96 Å². The van der Waals surface area contributed by atoms with E-state index in [1.165, 1.54) is 0 Å². The Morgan fingerprint density at radius 2 is 2.07 bits per heavy atom. The van der Waals surface area contributed by atoms with Gasteiger partial charge in [0.25, 0.3) is 0 Å². The Balaban J connectivity index is 0.00000300. The van der Waals surface area contributed by atoms with Gasteiger partial charge in [-0.3, -0.25) is 4.99 Å². The van der Waals surface area contributed by atoms with Gasteiger partial charge in [-0.25, -0.2) is 4.39 Å². The Bertz CT molecular complexity index is 660. The molecule has 1 unspecified atom stereocenters. The Kier molecular flexibility index (Phi) is 9.91. The maximum Gasteiger partial charge on any atom is 0.193 e. The number of guanidine groups is 1. The van der Waals surface area contributed by atoms with Crippen LogP contribution in [0.2, 0.25) is 0 Å². The molecule has 0 amide bonds. The van der Waals surface area contributed by atoms with Crippen molar-refractivity contribution < 1.29 is 9.13 Å². The summed E-state index contributed by atoms with van der Waals surface area (Å²) < 4.78 is 20.2. The summed E-state index contributed by atoms with van der Waals surface area (Å²) in [5.74, 6) is 1.23. The predicted molar refractivity (Wildman–Crippen MR) is 128 cm³/mol. The summed E-state index contributed by atoms with van der Waals surface area (Å²) in [5, 5.41) is 3.35. The van der Waals surface area contributed by atoms with Crippen LogP contribution >= 0.6 is 24.0 Å². The summed E-state index contributed by atoms with van der Waals surface area (Å²) in [4.78, 5) is 11.0. The molecule has 0 saturated carbocycles. The van der Waals surface area contributed by atoms with Crippen LogP contribution in [0.1, 0.15) is 18.9 Å². The summed E-state index contributed by atoms with van der Waals surface area (Å²) in [7, 11) is 3.82. The first kappa shape index (κ1) is 24.1. The second-order valence-corrected chi connectivity index (χ2v) is 7.72. The second kappa shape index (κ2) is 11.9. The van der Waals surface area contributed by atoms with Crippen molar-refractivity contribution in [1.82, 2.24) is 15.1 Å². The number of aliphatic imine (C=N–C) groups is 1. The van der Waals surface area contributed by atoms with E-state index >= 15 is 0 Å². The van der Waals surface area contributed by atoms with Crippen molar-refractivity contribution in [2.75, 3.05) is 71.5 Å². The minimum atomic E-state index is -0.143. The molecule has 29 heavy (non-hydrogen) atoms. The molecular formula is C21H35FIN5O. The second-order valence-electron chi connectivity index (χ2n) is 7.72. The van der Waals surface area contributed by atoms with E-state index in [0.717, 1.165) is 70.4 Å². The van der Waals surface area contributed by atoms with Crippen LogP contribution in [0.3, 0.4) is 0 Å². The SMILES string of the molecule is CCN1CCN(c2ccc(CNC(=NC)N(C)CC3CCOC3)cc2F)CC1.I. The molecule has 1 aromatic rings. The van der Waals surface area contributed by atoms with Crippen LogP contribution in [0.5, 0.6) is 0 Å². The molecule has 8 heteroatoms. The van der Waals surface area contributed by atoms with Crippen molar-refractivity contribution >= 4 is 35.6 Å². The van der Waals surface area contributed by atoms with Crippen LogP contribution in [0, 0.1) is 11.7 Å². The average molecular weight is 519 g/mol. The minimum Gasteiger partial charge on any atom is -0.381 e. The number of piperazine rings is 1. The molecule has 0 aliphatic carbocycles. The van der Waals surface area contributed by atoms with E-state index in [0.29, 0.717) is 18.2 Å². The van der Waals surface area contributed by atoms with E-state index in [-0.39, 0.29) is 29.8 Å². The van der Waals surface area contributed by atoms with Gasteiger partial charge in [0.2, 0.25) is 0 Å². The molecule has 3 rings (SSSR count). The molecule has 1 aromatic carbocycles. The highest BCUT2D eigenvalue weighted by molar-refractivity contribution is 14.0. The van der Waals surface area contributed by atoms with Gasteiger partial charge in [0, 0.05) is 65.9 Å². The first-order valence-corrected chi connectivity index (χ1v) is 10.4. The molecule has 6 nitrogen and oxygen atoms in total. The maximum atomic E-state index is 14.7. The van der Waals surface area contributed by atoms with Gasteiger partial charge in [-0.15, -0.1) is 24.0 Å². The molecular weight excluding hydrogens is 484 g/mol. The van der Waals surface area contributed by atoms with E-state index < -0.39 is 0 Å². The lowest BCUT2D eigenvalue weighted by Crippen LogP contribution is -2.46. The lowest BCUT2D eigenvalue weighted by atomic mass is 10.1. The zero-order chi connectivity index (χ0) is 19.9. The molecule has 0 aromatic heterocycles. The summed E-state index contributed by atoms with van der Waals surface area (Å²) in [6.45, 7) is 10.1. The van der Waals surface area contributed by atoms with Gasteiger partial charge in [-0.2, -0.15) is 0 Å². The predicted octanol–water partition coefficient (Wildman–Crippen LogP) is 2.63. The molecule has 0 bridgehead atoms. The number of likely N-dealkylation sites (N-methyl/N-ethyl adjacent to an activating group) is 1. The molecule has 2 heterocycles. The van der Waals surface area contributed by atoms with Crippen LogP contribution in [0.4, 0.5) is 10.1 Å². The smallest absolute Gasteiger partial charge is 0.193 e. The minimum absolute atomic E-state index is 0. The quantitative estimate of drug-likeness (QED) is 0.356. The number of nitrogens with one attached hydrogen (secondary N) is 1. The Hall–Kier alpha value is -1.13. The Morgan fingerprint density at radius 3 is 2.66 bits per heavy atom. The number of halogens is 2. The monoisotopic (exact) mass is 519 g/mol. The third kappa shape index (κ3) is 6.68. The van der Waals surface area contributed by atoms with Crippen LogP contribution in [0.25, 0.3) is 0 Å². The fraction of sp³-hybridized carbons (Fsp3) is 0.667. The first-order valence-electron chi connectivity index (χ1n) is 10.4. The Labute approximate surface area is 191 Å². The zero-order valence-corrected chi connectivity index (χ0v) is 20.2. The number of ether oxygens (including phenoxy) is 1. The van der Waals surface area contributed by atoms with Crippen molar-refractivity contribution in [3.63, 3.8) is 0 Å². The molecule has 1 atom stereocenters. The van der Waals surface area contributed by atoms with Crippen LogP contribution in [-0.2, 0) is 11.3 Å². The number of anilines is 1. The van der Waals surface area contributed by atoms with Gasteiger partial charge >= 0.3 is 0 Å². The third-order valence-corrected chi connectivity index (χ3v) is 5.75. The van der Waals surface area contributed by atoms with E-state index in [2.05, 4.69) is 31.9 Å². The van der Waals surface area contributed by atoms with E-state index in [9.17, 15) is 4.39 Å². The molecule has 2 aliphatic heterocycles. The van der Waals surface area contributed by atoms with Crippen LogP contribution in [0.15, 0.2) is 23.2 Å². The van der Waals surface area contributed by atoms with Gasteiger partial charge < -0.3 is 24.8 Å². The topological polar surface area (TPSA) is 43.3 Å². The normalized spacial score (nSPS) is 20.5. The van der Waals surface area contributed by atoms with Gasteiger partial charge in [0.1, 0.15) is 5.82 Å². The van der Waals surface area contributed by atoms with Crippen molar-refractivity contribution in [2.45, 2.75) is 19.9 Å². The van der Waals surface area contributed by atoms with Gasteiger partial charge in [-0.1, -0.05) is 13.0 Å². The number of rotatable bonds is 6. The summed E-state index contributed by atoms with van der Waals surface area (Å²) >= 11 is 0. The van der Waals surface area contributed by atoms with E-state index in [4.69, 9.17) is 4.74 Å². The summed E-state index contributed by atoms with van der Waals surface area (Å²) in [6, 6.07) is 5.57. The number of nitrogens with zero attached hydrogens (tertiary/aromatic N) is 4. The number of benzene rings is 1. The molecule has 2 aliphatic rings. The first-order chi connectivity index (χ1) is 13.6. The van der Waals surface area contributed by atoms with Crippen molar-refractivity contribution in [3.05, 3.63) is 29.6 Å². The van der Waals surface area contributed by atoms with Crippen LogP contribution < -0.4 is 10.2 Å². The lowest BCUT2D eigenvalue weighted by Gasteiger charge is -2.35. The molecule has 0 spiro atoms. The van der Waals surface area contributed by atoms with E-state index in [1.54, 1.807) is 13.1 Å². The lowest BCUT2D eigenvalue weighted by molar-refractivity contribution is 0.181. The van der Waals surface area contributed by atoms with Crippen molar-refractivity contribution in [2.24, 2.45) is 10.9 Å². The number of hydrogen-bond donors (Lipinski definition) is 1. The standard InChI is InChI=1S/C21H34FN5O.HI/c1-4-26-8-10-27(11-9-26)20-6-5-17(13-19(20)22)14-24-21(23-2)25(3)15-18-7-12-28-16-18;/h5-6,13,18H,4,7-12,14-16H2,1-3H3,(H,23,24);1H. The highest BCUT2D eigenvalue weighted by Crippen LogP contribution is 2.22. The van der Waals surface area contributed by atoms with Gasteiger partial charge in [-0.05, 0) is 30.7 Å². The zero-order valence-electron chi connectivity index (χ0n) is 17.9. The van der Waals surface area contributed by atoms with E-state index in [1.807, 2.05) is 19.2 Å². The highest BCUT2D eigenvalue weighted by atomic mass is 127. The third-order valence-electron chi connectivity index (χ3n) is 5.75. The average Bonchev–Trinajstić information content (AvgIpc) is 3.22. The molecule has 1 N–H and O–H groups in total. The fourth-order valence-corrected chi connectivity index (χ4v) is 3.99. The molecule has 164 valence electrons. The molecule has 2 fully saturated rings. The van der Waals surface area contributed by atoms with Crippen LogP contribution in [-0.4, -0.2) is 82.3 Å². The highest BCUT2D eigenvalue weighted by Gasteiger charge is 2.20. The largest absolute Gasteiger partial charge is 0.381 e. The van der Waals surface area contributed by atoms with Crippen molar-refractivity contribution in [1.29, 1.82) is 0 Å². The van der Waals surface area contributed by atoms with Gasteiger partial charge in [0.05, 0.1) is 12.3 Å². The Morgan fingerprint density at radius 1 is 1.31 bits per heavy atom. The number of hydrogen-bond acceptors (Lipinski definition) is 4. The maximum absolute atomic E-state index is 14.7. The molecule has 2 saturated heterocycles. The fourth-order valence-electron chi connectivity index (χ4n) is 3.99.